The normalized spacial score (nSPS) is 27.6. The molecular weight excluding hydrogens is 320 g/mol. The summed E-state index contributed by atoms with van der Waals surface area (Å²) in [5, 5.41) is 0. The van der Waals surface area contributed by atoms with Crippen LogP contribution in [0, 0.1) is 24.7 Å². The van der Waals surface area contributed by atoms with Crippen LogP contribution in [0.25, 0.3) is 0 Å². The highest BCUT2D eigenvalue weighted by Crippen LogP contribution is 2.46. The third-order valence-corrected chi connectivity index (χ3v) is 5.34. The lowest BCUT2D eigenvalue weighted by Gasteiger charge is -2.35. The van der Waals surface area contributed by atoms with E-state index in [1.807, 2.05) is 25.1 Å². The second kappa shape index (κ2) is 6.28. The molecule has 5 nitrogen and oxygen atoms in total. The average Bonchev–Trinajstić information content (AvgIpc) is 2.76. The van der Waals surface area contributed by atoms with Gasteiger partial charge in [-0.3, -0.25) is 14.4 Å². The highest BCUT2D eigenvalue weighted by atomic mass is 16.6. The predicted octanol–water partition coefficient (Wildman–Crippen LogP) is 2.87. The van der Waals surface area contributed by atoms with E-state index in [0.717, 1.165) is 17.5 Å². The molecule has 1 heterocycles. The van der Waals surface area contributed by atoms with Gasteiger partial charge < -0.3 is 9.47 Å². The minimum atomic E-state index is -1.03. The van der Waals surface area contributed by atoms with E-state index < -0.39 is 35.3 Å². The van der Waals surface area contributed by atoms with E-state index in [1.54, 1.807) is 20.8 Å². The van der Waals surface area contributed by atoms with Gasteiger partial charge in [0.1, 0.15) is 5.60 Å². The second-order valence-corrected chi connectivity index (χ2v) is 7.45. The maximum absolute atomic E-state index is 13.1. The molecule has 1 aromatic rings. The van der Waals surface area contributed by atoms with Crippen LogP contribution in [0.15, 0.2) is 18.2 Å². The van der Waals surface area contributed by atoms with Crippen LogP contribution in [-0.2, 0) is 25.5 Å². The Hall–Kier alpha value is -2.17. The molecule has 1 saturated heterocycles. The van der Waals surface area contributed by atoms with E-state index >= 15 is 0 Å². The molecule has 1 aliphatic carbocycles. The van der Waals surface area contributed by atoms with Gasteiger partial charge in [0.15, 0.2) is 11.7 Å². The molecule has 25 heavy (non-hydrogen) atoms. The molecule has 2 aliphatic rings. The molecule has 1 aromatic carbocycles. The fraction of sp³-hybridized carbons (Fsp3) is 0.550. The summed E-state index contributed by atoms with van der Waals surface area (Å²) in [6.07, 6.45) is 1.36. The van der Waals surface area contributed by atoms with Gasteiger partial charge in [0, 0.05) is 17.4 Å². The fourth-order valence-corrected chi connectivity index (χ4v) is 4.28. The van der Waals surface area contributed by atoms with Crippen molar-refractivity contribution in [2.45, 2.75) is 46.1 Å². The van der Waals surface area contributed by atoms with Gasteiger partial charge in [-0.2, -0.15) is 0 Å². The van der Waals surface area contributed by atoms with Crippen molar-refractivity contribution in [2.24, 2.45) is 17.8 Å². The Morgan fingerprint density at radius 1 is 1.32 bits per heavy atom. The maximum atomic E-state index is 13.1. The standard InChI is InChI=1S/C20H24O5/c1-5-24-18(22)15-16(20(3,4)25-19(15)23)14-9-7-12-10-11(2)6-8-13(12)17(14)21/h6,8,10,14-16H,5,7,9H2,1-4H3/t14-,15+,16-/m0/s1. The van der Waals surface area contributed by atoms with Crippen LogP contribution in [0.5, 0.6) is 0 Å². The van der Waals surface area contributed by atoms with Crippen molar-refractivity contribution >= 4 is 17.7 Å². The van der Waals surface area contributed by atoms with E-state index in [9.17, 15) is 14.4 Å². The van der Waals surface area contributed by atoms with Crippen LogP contribution in [0.4, 0.5) is 0 Å². The molecule has 0 unspecified atom stereocenters. The smallest absolute Gasteiger partial charge is 0.321 e. The summed E-state index contributed by atoms with van der Waals surface area (Å²) in [4.78, 5) is 37.8. The maximum Gasteiger partial charge on any atom is 0.321 e. The minimum Gasteiger partial charge on any atom is -0.465 e. The molecule has 134 valence electrons. The van der Waals surface area contributed by atoms with Crippen LogP contribution < -0.4 is 0 Å². The molecule has 3 atom stereocenters. The number of hydrogen-bond acceptors (Lipinski definition) is 5. The van der Waals surface area contributed by atoms with Gasteiger partial charge in [0.2, 0.25) is 0 Å². The highest BCUT2D eigenvalue weighted by Gasteiger charge is 2.58. The first-order valence-corrected chi connectivity index (χ1v) is 8.79. The molecule has 0 aromatic heterocycles. The Morgan fingerprint density at radius 2 is 2.04 bits per heavy atom. The lowest BCUT2D eigenvalue weighted by Crippen LogP contribution is -2.43. The molecule has 0 amide bonds. The number of carbonyl (C=O) groups excluding carboxylic acids is 3. The molecule has 1 fully saturated rings. The Bertz CT molecular complexity index is 734. The monoisotopic (exact) mass is 344 g/mol. The number of cyclic esters (lactones) is 1. The van der Waals surface area contributed by atoms with Crippen molar-refractivity contribution in [3.8, 4) is 0 Å². The molecule has 0 spiro atoms. The third kappa shape index (κ3) is 2.96. The zero-order chi connectivity index (χ0) is 18.4. The summed E-state index contributed by atoms with van der Waals surface area (Å²) in [5.74, 6) is -3.16. The Kier molecular flexibility index (Phi) is 4.43. The van der Waals surface area contributed by atoms with Crippen molar-refractivity contribution in [3.05, 3.63) is 34.9 Å². The van der Waals surface area contributed by atoms with Gasteiger partial charge in [0.25, 0.3) is 0 Å². The minimum absolute atomic E-state index is 0.00748. The van der Waals surface area contributed by atoms with E-state index in [2.05, 4.69) is 0 Å². The predicted molar refractivity (Wildman–Crippen MR) is 91.1 cm³/mol. The van der Waals surface area contributed by atoms with Crippen LogP contribution in [0.3, 0.4) is 0 Å². The topological polar surface area (TPSA) is 69.7 Å². The summed E-state index contributed by atoms with van der Waals surface area (Å²) in [5.41, 5.74) is 1.97. The average molecular weight is 344 g/mol. The number of carbonyl (C=O) groups is 3. The zero-order valence-electron chi connectivity index (χ0n) is 15.1. The van der Waals surface area contributed by atoms with Crippen molar-refractivity contribution in [1.82, 2.24) is 0 Å². The molecule has 5 heteroatoms. The lowest BCUT2D eigenvalue weighted by atomic mass is 9.67. The number of fused-ring (bicyclic) bond motifs is 1. The first-order chi connectivity index (χ1) is 11.8. The molecule has 0 bridgehead atoms. The zero-order valence-corrected chi connectivity index (χ0v) is 15.1. The second-order valence-electron chi connectivity index (χ2n) is 7.45. The van der Waals surface area contributed by atoms with Gasteiger partial charge in [0.05, 0.1) is 6.61 Å². The summed E-state index contributed by atoms with van der Waals surface area (Å²) < 4.78 is 10.5. The third-order valence-electron chi connectivity index (χ3n) is 5.34. The van der Waals surface area contributed by atoms with Gasteiger partial charge in [-0.05, 0) is 46.1 Å². The summed E-state index contributed by atoms with van der Waals surface area (Å²) >= 11 is 0. The number of ether oxygens (including phenoxy) is 2. The van der Waals surface area contributed by atoms with E-state index in [0.29, 0.717) is 12.0 Å². The molecular formula is C20H24O5. The van der Waals surface area contributed by atoms with Crippen molar-refractivity contribution in [3.63, 3.8) is 0 Å². The fourth-order valence-electron chi connectivity index (χ4n) is 4.28. The molecule has 0 saturated carbocycles. The van der Waals surface area contributed by atoms with Gasteiger partial charge in [-0.15, -0.1) is 0 Å². The summed E-state index contributed by atoms with van der Waals surface area (Å²) in [6, 6.07) is 5.81. The largest absolute Gasteiger partial charge is 0.465 e. The van der Waals surface area contributed by atoms with Gasteiger partial charge >= 0.3 is 11.9 Å². The molecule has 1 aliphatic heterocycles. The lowest BCUT2D eigenvalue weighted by molar-refractivity contribution is -0.157. The van der Waals surface area contributed by atoms with Crippen LogP contribution in [-0.4, -0.2) is 29.9 Å². The highest BCUT2D eigenvalue weighted by molar-refractivity contribution is 6.03. The summed E-state index contributed by atoms with van der Waals surface area (Å²) in [6.45, 7) is 7.43. The molecule has 0 N–H and O–H groups in total. The van der Waals surface area contributed by atoms with Gasteiger partial charge in [-0.1, -0.05) is 23.8 Å². The van der Waals surface area contributed by atoms with Crippen molar-refractivity contribution in [1.29, 1.82) is 0 Å². The Labute approximate surface area is 147 Å². The first kappa shape index (κ1) is 17.6. The number of Topliss-reactive ketones (excluding diaryl/α,β-unsaturated/α-hetero) is 1. The van der Waals surface area contributed by atoms with E-state index in [-0.39, 0.29) is 12.4 Å². The number of benzene rings is 1. The van der Waals surface area contributed by atoms with Crippen molar-refractivity contribution in [2.75, 3.05) is 6.61 Å². The quantitative estimate of drug-likeness (QED) is 0.623. The van der Waals surface area contributed by atoms with Crippen LogP contribution >= 0.6 is 0 Å². The molecule has 3 rings (SSSR count). The number of hydrogen-bond donors (Lipinski definition) is 0. The van der Waals surface area contributed by atoms with Gasteiger partial charge in [-0.25, -0.2) is 0 Å². The number of esters is 2. The van der Waals surface area contributed by atoms with Crippen LogP contribution in [0.2, 0.25) is 0 Å². The first-order valence-electron chi connectivity index (χ1n) is 8.79. The Morgan fingerprint density at radius 3 is 2.72 bits per heavy atom. The summed E-state index contributed by atoms with van der Waals surface area (Å²) in [7, 11) is 0. The molecule has 0 radical (unpaired) electrons. The number of aryl methyl sites for hydroxylation is 2. The SMILES string of the molecule is CCOC(=O)[C@@H]1C(=O)OC(C)(C)[C@H]1[C@@H]1CCc2cc(C)ccc2C1=O. The van der Waals surface area contributed by atoms with Crippen molar-refractivity contribution < 1.29 is 23.9 Å². The van der Waals surface area contributed by atoms with E-state index in [4.69, 9.17) is 9.47 Å². The van der Waals surface area contributed by atoms with E-state index in [1.165, 1.54) is 0 Å². The number of ketones is 1. The number of rotatable bonds is 3. The van der Waals surface area contributed by atoms with Crippen LogP contribution in [0.1, 0.15) is 48.7 Å². The Balaban J connectivity index is 1.98.